The lowest BCUT2D eigenvalue weighted by Gasteiger charge is -2.24. The number of benzene rings is 2. The molecule has 202 valence electrons. The summed E-state index contributed by atoms with van der Waals surface area (Å²) in [5, 5.41) is 4.22. The van der Waals surface area contributed by atoms with Gasteiger partial charge in [-0.15, -0.1) is 0 Å². The van der Waals surface area contributed by atoms with Gasteiger partial charge in [-0.05, 0) is 53.8 Å². The quantitative estimate of drug-likeness (QED) is 0.253. The maximum atomic E-state index is 13.4. The fraction of sp³-hybridized carbons (Fsp3) is 0.259. The number of hydrogen-bond acceptors (Lipinski definition) is 7. The van der Waals surface area contributed by atoms with E-state index in [2.05, 4.69) is 15.0 Å². The Morgan fingerprint density at radius 2 is 1.79 bits per heavy atom. The zero-order valence-corrected chi connectivity index (χ0v) is 23.2. The van der Waals surface area contributed by atoms with Crippen LogP contribution in [-0.4, -0.2) is 27.7 Å². The van der Waals surface area contributed by atoms with Crippen LogP contribution in [0, 0.1) is 6.92 Å². The maximum absolute atomic E-state index is 13.4. The lowest BCUT2D eigenvalue weighted by molar-refractivity contribution is -0.381. The Morgan fingerprint density at radius 3 is 2.37 bits per heavy atom. The second kappa shape index (κ2) is 11.1. The SMILES string of the molecule is COc1c(NC(=O)c2ccc(C)c(N(N)C=C(N)c3cccc[nH+]3)c2)cc(C(C)(C)C)cc1NS(C)(=O)=O. The van der Waals surface area contributed by atoms with E-state index in [0.717, 1.165) is 17.4 Å². The van der Waals surface area contributed by atoms with Gasteiger partial charge in [0.2, 0.25) is 15.7 Å². The number of nitrogens with two attached hydrogens (primary N) is 2. The summed E-state index contributed by atoms with van der Waals surface area (Å²) >= 11 is 0. The average Bonchev–Trinajstić information content (AvgIpc) is 2.83. The molecule has 38 heavy (non-hydrogen) atoms. The van der Waals surface area contributed by atoms with Gasteiger partial charge in [0.15, 0.2) is 11.9 Å². The van der Waals surface area contributed by atoms with Crippen molar-refractivity contribution in [1.82, 2.24) is 0 Å². The van der Waals surface area contributed by atoms with Crippen LogP contribution in [0.1, 0.15) is 48.0 Å². The van der Waals surface area contributed by atoms with E-state index < -0.39 is 15.9 Å². The fourth-order valence-electron chi connectivity index (χ4n) is 3.74. The Bertz CT molecular complexity index is 1460. The molecule has 11 heteroatoms. The number of pyridine rings is 1. The molecule has 0 radical (unpaired) electrons. The number of aryl methyl sites for hydroxylation is 1. The van der Waals surface area contributed by atoms with E-state index in [0.29, 0.717) is 28.3 Å². The molecule has 10 nitrogen and oxygen atoms in total. The summed E-state index contributed by atoms with van der Waals surface area (Å²) in [6, 6.07) is 14.1. The Balaban J connectivity index is 1.99. The van der Waals surface area contributed by atoms with Crippen molar-refractivity contribution in [3.05, 3.63) is 83.3 Å². The monoisotopic (exact) mass is 539 g/mol. The molecule has 0 fully saturated rings. The zero-order valence-electron chi connectivity index (χ0n) is 22.4. The number of nitrogens with zero attached hydrogens (tertiary/aromatic N) is 1. The summed E-state index contributed by atoms with van der Waals surface area (Å²) in [6.07, 6.45) is 4.37. The third-order valence-electron chi connectivity index (χ3n) is 5.75. The molecule has 3 aromatic rings. The highest BCUT2D eigenvalue weighted by atomic mass is 32.2. The summed E-state index contributed by atoms with van der Waals surface area (Å²) in [7, 11) is -2.19. The van der Waals surface area contributed by atoms with Gasteiger partial charge < -0.3 is 15.8 Å². The van der Waals surface area contributed by atoms with Crippen molar-refractivity contribution in [3.63, 3.8) is 0 Å². The molecule has 0 aliphatic carbocycles. The Labute approximate surface area is 223 Å². The van der Waals surface area contributed by atoms with E-state index in [-0.39, 0.29) is 16.9 Å². The molecule has 0 aliphatic rings. The van der Waals surface area contributed by atoms with Crippen molar-refractivity contribution in [2.24, 2.45) is 11.6 Å². The second-order valence-electron chi connectivity index (χ2n) is 9.95. The first-order valence-electron chi connectivity index (χ1n) is 11.8. The molecule has 1 aromatic heterocycles. The molecule has 2 aromatic carbocycles. The number of H-pyrrole nitrogens is 1. The van der Waals surface area contributed by atoms with Gasteiger partial charge in [0.25, 0.3) is 5.91 Å². The number of anilines is 3. The van der Waals surface area contributed by atoms with Crippen molar-refractivity contribution in [1.29, 1.82) is 0 Å². The van der Waals surface area contributed by atoms with Crippen LogP contribution in [-0.2, 0) is 15.4 Å². The predicted molar refractivity (Wildman–Crippen MR) is 151 cm³/mol. The van der Waals surface area contributed by atoms with E-state index in [1.54, 1.807) is 42.7 Å². The van der Waals surface area contributed by atoms with Crippen LogP contribution in [0.4, 0.5) is 17.1 Å². The zero-order chi connectivity index (χ0) is 28.3. The van der Waals surface area contributed by atoms with E-state index in [1.807, 2.05) is 45.9 Å². The molecule has 1 amide bonds. The summed E-state index contributed by atoms with van der Waals surface area (Å²) < 4.78 is 32.0. The molecule has 0 saturated carbocycles. The summed E-state index contributed by atoms with van der Waals surface area (Å²) in [4.78, 5) is 16.4. The lowest BCUT2D eigenvalue weighted by Crippen LogP contribution is -2.28. The highest BCUT2D eigenvalue weighted by Gasteiger charge is 2.23. The highest BCUT2D eigenvalue weighted by Crippen LogP contribution is 2.39. The summed E-state index contributed by atoms with van der Waals surface area (Å²) in [5.74, 6) is 6.06. The first kappa shape index (κ1) is 28.5. The number of methoxy groups -OCH3 is 1. The number of nitrogens with one attached hydrogen (secondary N) is 3. The lowest BCUT2D eigenvalue weighted by atomic mass is 9.86. The van der Waals surface area contributed by atoms with Crippen LogP contribution in [0.25, 0.3) is 5.70 Å². The number of amides is 1. The van der Waals surface area contributed by atoms with Gasteiger partial charge in [-0.3, -0.25) is 14.5 Å². The van der Waals surface area contributed by atoms with Crippen molar-refractivity contribution in [2.75, 3.05) is 28.4 Å². The molecule has 3 rings (SSSR count). The van der Waals surface area contributed by atoms with E-state index in [4.69, 9.17) is 16.3 Å². The first-order chi connectivity index (χ1) is 17.7. The van der Waals surface area contributed by atoms with Crippen molar-refractivity contribution in [3.8, 4) is 5.75 Å². The molecule has 0 atom stereocenters. The Kier molecular flexibility index (Phi) is 8.33. The predicted octanol–water partition coefficient (Wildman–Crippen LogP) is 3.38. The number of carbonyl (C=O) groups is 1. The Hall–Kier alpha value is -4.09. The minimum atomic E-state index is -3.60. The molecule has 0 bridgehead atoms. The van der Waals surface area contributed by atoms with Gasteiger partial charge in [0.05, 0.1) is 36.6 Å². The average molecular weight is 540 g/mol. The molecule has 0 spiro atoms. The van der Waals surface area contributed by atoms with Crippen molar-refractivity contribution in [2.45, 2.75) is 33.1 Å². The largest absolute Gasteiger partial charge is 0.492 e. The molecular formula is C27H35N6O4S+. The van der Waals surface area contributed by atoms with Gasteiger partial charge in [0, 0.05) is 17.7 Å². The molecular weight excluding hydrogens is 504 g/mol. The molecule has 0 unspecified atom stereocenters. The van der Waals surface area contributed by atoms with Crippen LogP contribution in [0.3, 0.4) is 0 Å². The van der Waals surface area contributed by atoms with Gasteiger partial charge in [-0.1, -0.05) is 26.8 Å². The number of hydrazine groups is 1. The first-order valence-corrected chi connectivity index (χ1v) is 13.7. The van der Waals surface area contributed by atoms with Crippen molar-refractivity contribution >= 4 is 38.7 Å². The number of hydrogen-bond donors (Lipinski definition) is 4. The van der Waals surface area contributed by atoms with E-state index in [9.17, 15) is 13.2 Å². The summed E-state index contributed by atoms with van der Waals surface area (Å²) in [6.45, 7) is 7.83. The fourth-order valence-corrected chi connectivity index (χ4v) is 4.29. The molecule has 0 saturated heterocycles. The summed E-state index contributed by atoms with van der Waals surface area (Å²) in [5.41, 5.74) is 10.1. The number of aromatic nitrogens is 1. The molecule has 1 heterocycles. The van der Waals surface area contributed by atoms with Crippen LogP contribution in [0.2, 0.25) is 0 Å². The van der Waals surface area contributed by atoms with Crippen molar-refractivity contribution < 1.29 is 22.9 Å². The Morgan fingerprint density at radius 1 is 1.11 bits per heavy atom. The third-order valence-corrected chi connectivity index (χ3v) is 6.34. The van der Waals surface area contributed by atoms with Crippen LogP contribution < -0.4 is 36.3 Å². The smallest absolute Gasteiger partial charge is 0.255 e. The maximum Gasteiger partial charge on any atom is 0.255 e. The number of sulfonamides is 1. The second-order valence-corrected chi connectivity index (χ2v) is 11.7. The number of carbonyl (C=O) groups excluding carboxylic acids is 1. The minimum absolute atomic E-state index is 0.194. The normalized spacial score (nSPS) is 12.1. The van der Waals surface area contributed by atoms with E-state index in [1.165, 1.54) is 12.1 Å². The third kappa shape index (κ3) is 7.02. The van der Waals surface area contributed by atoms with Crippen LogP contribution in [0.5, 0.6) is 5.75 Å². The van der Waals surface area contributed by atoms with E-state index >= 15 is 0 Å². The molecule has 0 aliphatic heterocycles. The van der Waals surface area contributed by atoms with Crippen LogP contribution in [0.15, 0.2) is 60.9 Å². The standard InChI is InChI=1S/C27H34N6O4S/c1-17-10-11-18(13-24(17)33(29)16-20(28)21-9-7-8-12-30-21)26(34)31-22-14-19(27(2,3)4)15-23(25(22)37-5)32-38(6,35)36/h7-16,32H,28-29H2,1-6H3,(H,31,34)/p+1. The minimum Gasteiger partial charge on any atom is -0.492 e. The topological polar surface area (TPSA) is 154 Å². The van der Waals surface area contributed by atoms with Crippen LogP contribution >= 0.6 is 0 Å². The van der Waals surface area contributed by atoms with Gasteiger partial charge in [0.1, 0.15) is 5.70 Å². The number of rotatable bonds is 8. The number of aromatic amines is 1. The van der Waals surface area contributed by atoms with Gasteiger partial charge in [-0.2, -0.15) is 0 Å². The highest BCUT2D eigenvalue weighted by molar-refractivity contribution is 7.92. The number of ether oxygens (including phenoxy) is 1. The van der Waals surface area contributed by atoms with Gasteiger partial charge in [-0.25, -0.2) is 19.2 Å². The molecule has 7 N–H and O–H groups in total. The van der Waals surface area contributed by atoms with Gasteiger partial charge >= 0.3 is 0 Å².